The van der Waals surface area contributed by atoms with Gasteiger partial charge in [0.2, 0.25) is 11.9 Å². The summed E-state index contributed by atoms with van der Waals surface area (Å²) in [5.41, 5.74) is 9.22. The van der Waals surface area contributed by atoms with Crippen LogP contribution in [0.3, 0.4) is 0 Å². The highest BCUT2D eigenvalue weighted by Crippen LogP contribution is 2.38. The number of allylic oxidation sites excluding steroid dienone is 4. The second-order valence-corrected chi connectivity index (χ2v) is 11.0. The van der Waals surface area contributed by atoms with E-state index < -0.39 is 12.3 Å². The Balaban J connectivity index is 1.52. The van der Waals surface area contributed by atoms with Crippen molar-refractivity contribution in [2.75, 3.05) is 41.7 Å². The van der Waals surface area contributed by atoms with E-state index in [0.29, 0.717) is 47.6 Å². The van der Waals surface area contributed by atoms with Crippen LogP contribution < -0.4 is 25.6 Å². The third-order valence-corrected chi connectivity index (χ3v) is 7.62. The van der Waals surface area contributed by atoms with Crippen LogP contribution >= 0.6 is 11.6 Å². The molecule has 0 saturated heterocycles. The number of benzene rings is 2. The van der Waals surface area contributed by atoms with Crippen LogP contribution in [0.1, 0.15) is 37.1 Å². The number of para-hydroxylation sites is 1. The van der Waals surface area contributed by atoms with Gasteiger partial charge in [0, 0.05) is 23.0 Å². The van der Waals surface area contributed by atoms with Gasteiger partial charge in [0.05, 0.1) is 31.8 Å². The highest BCUT2D eigenvalue weighted by atomic mass is 35.5. The zero-order valence-electron chi connectivity index (χ0n) is 24.4. The molecule has 2 aromatic carbocycles. The summed E-state index contributed by atoms with van der Waals surface area (Å²) in [5, 5.41) is 15.2. The molecule has 1 aromatic heterocycles. The molecule has 0 saturated carbocycles. The second-order valence-electron chi connectivity index (χ2n) is 10.5. The number of hydrogen-bond acceptors (Lipinski definition) is 9. The number of nitrogens with two attached hydrogens (primary N) is 1. The molecule has 3 aromatic rings. The number of halogens is 1. The van der Waals surface area contributed by atoms with Crippen LogP contribution in [-0.2, 0) is 11.3 Å². The molecule has 0 radical (unpaired) electrons. The first-order chi connectivity index (χ1) is 20.7. The maximum absolute atomic E-state index is 13.7. The van der Waals surface area contributed by atoms with E-state index in [-0.39, 0.29) is 18.3 Å². The first-order valence-electron chi connectivity index (χ1n) is 14.0. The van der Waals surface area contributed by atoms with Gasteiger partial charge < -0.3 is 25.8 Å². The minimum atomic E-state index is -0.978. The Morgan fingerprint density at radius 3 is 2.63 bits per heavy atom. The molecule has 2 aliphatic heterocycles. The summed E-state index contributed by atoms with van der Waals surface area (Å²) in [7, 11) is 3.47. The Morgan fingerprint density at radius 2 is 1.91 bits per heavy atom. The van der Waals surface area contributed by atoms with Gasteiger partial charge >= 0.3 is 0 Å². The highest BCUT2D eigenvalue weighted by molar-refractivity contribution is 6.31. The Labute approximate surface area is 256 Å². The number of aromatic nitrogens is 2. The third-order valence-electron chi connectivity index (χ3n) is 7.36. The predicted molar refractivity (Wildman–Crippen MR) is 171 cm³/mol. The number of ether oxygens (including phenoxy) is 1. The van der Waals surface area contributed by atoms with Crippen LogP contribution in [0.25, 0.3) is 0 Å². The van der Waals surface area contributed by atoms with E-state index in [1.807, 2.05) is 96.6 Å². The molecule has 0 aliphatic carbocycles. The maximum Gasteiger partial charge on any atom is 0.236 e. The number of aliphatic hydroxyl groups excluding tert-OH is 1. The number of nitrogens with zero attached hydrogens (tertiary/aromatic N) is 5. The molecule has 3 heterocycles. The zero-order valence-corrected chi connectivity index (χ0v) is 25.2. The lowest BCUT2D eigenvalue weighted by molar-refractivity contribution is -0.117. The van der Waals surface area contributed by atoms with Crippen molar-refractivity contribution >= 4 is 40.8 Å². The molecule has 0 unspecified atom stereocenters. The van der Waals surface area contributed by atoms with E-state index in [1.54, 1.807) is 18.1 Å². The van der Waals surface area contributed by atoms with Gasteiger partial charge in [-0.25, -0.2) is 0 Å². The van der Waals surface area contributed by atoms with Gasteiger partial charge in [-0.2, -0.15) is 9.97 Å². The number of carbonyl (C=O) groups excluding carboxylic acids is 1. The van der Waals surface area contributed by atoms with Crippen LogP contribution in [0.2, 0.25) is 0 Å². The summed E-state index contributed by atoms with van der Waals surface area (Å²) in [6, 6.07) is 16.8. The first kappa shape index (κ1) is 30.1. The second kappa shape index (κ2) is 13.3. The summed E-state index contributed by atoms with van der Waals surface area (Å²) in [5.74, 6) is 1.60. The van der Waals surface area contributed by atoms with Gasteiger partial charge in [0.1, 0.15) is 23.6 Å². The molecule has 5 rings (SSSR count). The minimum Gasteiger partial charge on any atom is -0.497 e. The van der Waals surface area contributed by atoms with Crippen LogP contribution in [0.5, 0.6) is 5.75 Å². The fourth-order valence-corrected chi connectivity index (χ4v) is 5.44. The lowest BCUT2D eigenvalue weighted by atomic mass is 10.1. The molecule has 2 aliphatic rings. The van der Waals surface area contributed by atoms with Crippen molar-refractivity contribution in [1.29, 1.82) is 0 Å². The Bertz CT molecular complexity index is 1540. The quantitative estimate of drug-likeness (QED) is 0.337. The summed E-state index contributed by atoms with van der Waals surface area (Å²) in [6.45, 7) is 2.90. The monoisotopic (exact) mass is 601 g/mol. The number of rotatable bonds is 7. The molecule has 0 bridgehead atoms. The van der Waals surface area contributed by atoms with Crippen molar-refractivity contribution in [3.05, 3.63) is 101 Å². The lowest BCUT2D eigenvalue weighted by Crippen LogP contribution is -2.44. The molecular weight excluding hydrogens is 566 g/mol. The average Bonchev–Trinajstić information content (AvgIpc) is 2.99. The standard InChI is InChI=1S/C32H36ClN7O3/c1-21(26-13-9-4-6-10-23(33)18-27(41)40(26)24-11-7-5-8-12-24)35-29-28-30(37-32(34)36-29)39(20-38(2)31(28)42)19-22-14-16-25(43-3)17-15-22/h4-8,10-17,21,31,42H,9,18-20H2,1-3H3,(H3,34,35,36,37)/b6-4-,23-10+,26-13-/t21-,31+/m0/s1. The molecule has 11 heteroatoms. The molecule has 0 spiro atoms. The number of hydrogen-bond donors (Lipinski definition) is 3. The van der Waals surface area contributed by atoms with Crippen LogP contribution in [0.15, 0.2) is 89.6 Å². The Hall–Kier alpha value is -4.38. The van der Waals surface area contributed by atoms with E-state index in [9.17, 15) is 9.90 Å². The molecule has 1 amide bonds. The Morgan fingerprint density at radius 1 is 1.16 bits per heavy atom. The number of fused-ring (bicyclic) bond motifs is 1. The summed E-state index contributed by atoms with van der Waals surface area (Å²) < 4.78 is 5.30. The topological polar surface area (TPSA) is 120 Å². The normalized spacial score (nSPS) is 21.6. The fraction of sp³-hybridized carbons (Fsp3) is 0.281. The van der Waals surface area contributed by atoms with Crippen molar-refractivity contribution in [1.82, 2.24) is 14.9 Å². The van der Waals surface area contributed by atoms with Gasteiger partial charge in [-0.05, 0) is 56.3 Å². The van der Waals surface area contributed by atoms with Crippen molar-refractivity contribution in [2.45, 2.75) is 38.6 Å². The Kier molecular flexibility index (Phi) is 9.30. The SMILES string of the molecule is COc1ccc(CN2CN(C)[C@H](O)c3c(N[C@@H](C)/C4=C/C/C=C\C=C(\Cl)CC(=O)N4c4ccccc4)nc(N)nc32)cc1. The number of carbonyl (C=O) groups is 1. The molecule has 2 atom stereocenters. The lowest BCUT2D eigenvalue weighted by Gasteiger charge is -2.40. The summed E-state index contributed by atoms with van der Waals surface area (Å²) >= 11 is 6.39. The summed E-state index contributed by atoms with van der Waals surface area (Å²) in [4.78, 5) is 28.3. The van der Waals surface area contributed by atoms with Gasteiger partial charge in [0.15, 0.2) is 0 Å². The first-order valence-corrected chi connectivity index (χ1v) is 14.4. The van der Waals surface area contributed by atoms with Crippen LogP contribution in [0, 0.1) is 0 Å². The van der Waals surface area contributed by atoms with Crippen molar-refractivity contribution in [2.24, 2.45) is 0 Å². The smallest absolute Gasteiger partial charge is 0.236 e. The average molecular weight is 602 g/mol. The van der Waals surface area contributed by atoms with E-state index >= 15 is 0 Å². The minimum absolute atomic E-state index is 0.0462. The van der Waals surface area contributed by atoms with Crippen molar-refractivity contribution in [3.63, 3.8) is 0 Å². The van der Waals surface area contributed by atoms with Gasteiger partial charge in [-0.3, -0.25) is 14.6 Å². The summed E-state index contributed by atoms with van der Waals surface area (Å²) in [6.07, 6.45) is 7.22. The third kappa shape index (κ3) is 6.83. The molecule has 4 N–H and O–H groups in total. The van der Waals surface area contributed by atoms with E-state index in [2.05, 4.69) is 15.3 Å². The number of anilines is 4. The van der Waals surface area contributed by atoms with E-state index in [4.69, 9.17) is 22.1 Å². The molecular formula is C32H36ClN7O3. The number of nitrogen functional groups attached to an aromatic ring is 1. The van der Waals surface area contributed by atoms with Gasteiger partial charge in [-0.15, -0.1) is 0 Å². The van der Waals surface area contributed by atoms with Gasteiger partial charge in [0.25, 0.3) is 0 Å². The number of nitrogens with one attached hydrogen (secondary N) is 1. The van der Waals surface area contributed by atoms with Crippen molar-refractivity contribution < 1.29 is 14.6 Å². The van der Waals surface area contributed by atoms with Crippen molar-refractivity contribution in [3.8, 4) is 5.75 Å². The largest absolute Gasteiger partial charge is 0.497 e. The number of methoxy groups -OCH3 is 1. The molecule has 224 valence electrons. The number of aliphatic hydroxyl groups is 1. The predicted octanol–water partition coefficient (Wildman–Crippen LogP) is 5.16. The molecule has 0 fully saturated rings. The zero-order chi connectivity index (χ0) is 30.5. The maximum atomic E-state index is 13.7. The fourth-order valence-electron chi connectivity index (χ4n) is 5.25. The van der Waals surface area contributed by atoms with E-state index in [1.165, 1.54) is 0 Å². The molecule has 10 nitrogen and oxygen atoms in total. The number of amides is 1. The van der Waals surface area contributed by atoms with Crippen LogP contribution in [-0.4, -0.2) is 52.7 Å². The van der Waals surface area contributed by atoms with Crippen LogP contribution in [0.4, 0.5) is 23.3 Å². The van der Waals surface area contributed by atoms with Gasteiger partial charge in [-0.1, -0.05) is 60.2 Å². The van der Waals surface area contributed by atoms with E-state index in [0.717, 1.165) is 17.0 Å². The highest BCUT2D eigenvalue weighted by Gasteiger charge is 2.34. The molecule has 43 heavy (non-hydrogen) atoms.